The zero-order chi connectivity index (χ0) is 31.5. The van der Waals surface area contributed by atoms with Gasteiger partial charge in [0, 0.05) is 30.3 Å². The van der Waals surface area contributed by atoms with E-state index in [-0.39, 0.29) is 17.8 Å². The smallest absolute Gasteiger partial charge is 0.305 e. The van der Waals surface area contributed by atoms with Crippen LogP contribution in [0.5, 0.6) is 5.75 Å². The molecule has 0 fully saturated rings. The van der Waals surface area contributed by atoms with E-state index < -0.39 is 0 Å². The molecule has 4 rings (SSSR count). The molecular formula is C37H40N2O5. The Morgan fingerprint density at radius 1 is 0.795 bits per heavy atom. The van der Waals surface area contributed by atoms with Crippen molar-refractivity contribution in [1.82, 2.24) is 0 Å². The van der Waals surface area contributed by atoms with Gasteiger partial charge < -0.3 is 19.7 Å². The van der Waals surface area contributed by atoms with Gasteiger partial charge in [0.25, 0.3) is 11.8 Å². The van der Waals surface area contributed by atoms with Crippen molar-refractivity contribution in [3.05, 3.63) is 113 Å². The lowest BCUT2D eigenvalue weighted by Gasteiger charge is -2.22. The highest BCUT2D eigenvalue weighted by Crippen LogP contribution is 2.31. The van der Waals surface area contributed by atoms with E-state index in [2.05, 4.69) is 5.32 Å². The van der Waals surface area contributed by atoms with Crippen LogP contribution in [0.2, 0.25) is 0 Å². The third-order valence-electron chi connectivity index (χ3n) is 7.29. The van der Waals surface area contributed by atoms with Gasteiger partial charge in [-0.05, 0) is 99.2 Å². The molecule has 228 valence electrons. The second kappa shape index (κ2) is 15.5. The van der Waals surface area contributed by atoms with Crippen LogP contribution >= 0.6 is 0 Å². The van der Waals surface area contributed by atoms with Gasteiger partial charge in [-0.25, -0.2) is 0 Å². The summed E-state index contributed by atoms with van der Waals surface area (Å²) in [7, 11) is 1.72. The van der Waals surface area contributed by atoms with Gasteiger partial charge in [-0.15, -0.1) is 0 Å². The molecule has 4 aromatic rings. The van der Waals surface area contributed by atoms with E-state index in [1.54, 1.807) is 43.1 Å². The molecule has 0 bridgehead atoms. The van der Waals surface area contributed by atoms with Crippen molar-refractivity contribution >= 4 is 29.2 Å². The molecule has 0 aliphatic heterocycles. The van der Waals surface area contributed by atoms with E-state index in [4.69, 9.17) is 9.47 Å². The molecule has 2 amide bonds. The fourth-order valence-corrected chi connectivity index (χ4v) is 4.84. The maximum absolute atomic E-state index is 13.5. The number of amides is 2. The summed E-state index contributed by atoms with van der Waals surface area (Å²) in [6.07, 6.45) is 2.78. The van der Waals surface area contributed by atoms with Gasteiger partial charge >= 0.3 is 5.97 Å². The first kappa shape index (κ1) is 32.0. The first-order valence-corrected chi connectivity index (χ1v) is 15.0. The summed E-state index contributed by atoms with van der Waals surface area (Å²) in [4.78, 5) is 39.8. The van der Waals surface area contributed by atoms with Crippen LogP contribution in [0.4, 0.5) is 11.4 Å². The largest absolute Gasteiger partial charge is 0.491 e. The van der Waals surface area contributed by atoms with Gasteiger partial charge in [-0.2, -0.15) is 0 Å². The quantitative estimate of drug-likeness (QED) is 0.126. The van der Waals surface area contributed by atoms with Crippen molar-refractivity contribution in [1.29, 1.82) is 0 Å². The van der Waals surface area contributed by atoms with Gasteiger partial charge in [0.2, 0.25) is 0 Å². The Morgan fingerprint density at radius 3 is 2.23 bits per heavy atom. The van der Waals surface area contributed by atoms with Crippen LogP contribution in [0, 0.1) is 13.8 Å². The van der Waals surface area contributed by atoms with Crippen molar-refractivity contribution in [2.75, 3.05) is 30.5 Å². The summed E-state index contributed by atoms with van der Waals surface area (Å²) >= 11 is 0. The average molecular weight is 593 g/mol. The van der Waals surface area contributed by atoms with Gasteiger partial charge in [0.15, 0.2) is 0 Å². The van der Waals surface area contributed by atoms with E-state index >= 15 is 0 Å². The Morgan fingerprint density at radius 2 is 1.50 bits per heavy atom. The minimum absolute atomic E-state index is 0.173. The topological polar surface area (TPSA) is 84.9 Å². The zero-order valence-corrected chi connectivity index (χ0v) is 25.9. The molecule has 0 aliphatic rings. The van der Waals surface area contributed by atoms with E-state index in [1.807, 2.05) is 80.6 Å². The lowest BCUT2D eigenvalue weighted by molar-refractivity contribution is -0.143. The van der Waals surface area contributed by atoms with Gasteiger partial charge in [-0.1, -0.05) is 54.1 Å². The molecule has 0 radical (unpaired) electrons. The molecule has 7 nitrogen and oxygen atoms in total. The lowest BCUT2D eigenvalue weighted by Crippen LogP contribution is -2.27. The number of anilines is 2. The molecule has 0 heterocycles. The first-order chi connectivity index (χ1) is 21.3. The Labute approximate surface area is 259 Å². The molecule has 0 unspecified atom stereocenters. The Kier molecular flexibility index (Phi) is 11.3. The second-order valence-electron chi connectivity index (χ2n) is 10.7. The molecule has 1 N–H and O–H groups in total. The number of rotatable bonds is 13. The number of unbranched alkanes of at least 4 members (excludes halogenated alkanes) is 2. The summed E-state index contributed by atoms with van der Waals surface area (Å²) in [5, 5.41) is 2.96. The normalized spacial score (nSPS) is 10.6. The van der Waals surface area contributed by atoms with E-state index in [0.717, 1.165) is 41.5 Å². The Balaban J connectivity index is 1.38. The first-order valence-electron chi connectivity index (χ1n) is 15.0. The summed E-state index contributed by atoms with van der Waals surface area (Å²) in [5.74, 6) is 0.0264. The van der Waals surface area contributed by atoms with E-state index in [9.17, 15) is 14.4 Å². The third-order valence-corrected chi connectivity index (χ3v) is 7.29. The molecule has 44 heavy (non-hydrogen) atoms. The molecule has 0 saturated carbocycles. The second-order valence-corrected chi connectivity index (χ2v) is 10.7. The van der Waals surface area contributed by atoms with Crippen LogP contribution in [0.25, 0.3) is 11.1 Å². The number of carbonyl (C=O) groups is 3. The van der Waals surface area contributed by atoms with Crippen LogP contribution in [0.1, 0.15) is 64.4 Å². The van der Waals surface area contributed by atoms with Crippen LogP contribution in [0.15, 0.2) is 91.0 Å². The number of nitrogens with zero attached hydrogens (tertiary/aromatic N) is 1. The molecule has 7 heteroatoms. The molecule has 0 atom stereocenters. The maximum Gasteiger partial charge on any atom is 0.305 e. The fraction of sp³-hybridized carbons (Fsp3) is 0.270. The lowest BCUT2D eigenvalue weighted by atomic mass is 9.98. The number of aryl methyl sites for hydroxylation is 2. The van der Waals surface area contributed by atoms with Crippen LogP contribution in [-0.4, -0.2) is 38.0 Å². The minimum Gasteiger partial charge on any atom is -0.491 e. The van der Waals surface area contributed by atoms with E-state index in [0.29, 0.717) is 47.9 Å². The minimum atomic E-state index is -0.222. The molecule has 4 aromatic carbocycles. The van der Waals surface area contributed by atoms with Crippen molar-refractivity contribution in [3.8, 4) is 16.9 Å². The standard InChI is InChI=1S/C37H40N2O5/c1-5-43-35(40)13-7-6-10-24-44-34-23-16-27(3)25-33(34)39(4)37(42)29-19-21-30(22-20-29)38-36(41)32-12-9-8-11-31(32)28-17-14-26(2)15-18-28/h8-9,11-12,14-23,25H,5-7,10,13,24H2,1-4H3,(H,38,41). The molecule has 0 aliphatic carbocycles. The number of carbonyl (C=O) groups excluding carboxylic acids is 3. The highest BCUT2D eigenvalue weighted by Gasteiger charge is 2.19. The molecule has 0 saturated heterocycles. The monoisotopic (exact) mass is 592 g/mol. The Hall–Kier alpha value is -4.91. The van der Waals surface area contributed by atoms with Gasteiger partial charge in [-0.3, -0.25) is 14.4 Å². The number of ether oxygens (including phenoxy) is 2. The van der Waals surface area contributed by atoms with Gasteiger partial charge in [0.05, 0.1) is 18.9 Å². The van der Waals surface area contributed by atoms with Crippen LogP contribution in [-0.2, 0) is 9.53 Å². The van der Waals surface area contributed by atoms with Crippen LogP contribution < -0.4 is 15.0 Å². The van der Waals surface area contributed by atoms with Crippen molar-refractivity contribution < 1.29 is 23.9 Å². The molecule has 0 spiro atoms. The molecular weight excluding hydrogens is 552 g/mol. The van der Waals surface area contributed by atoms with Crippen LogP contribution in [0.3, 0.4) is 0 Å². The summed E-state index contributed by atoms with van der Waals surface area (Å²) < 4.78 is 11.0. The zero-order valence-electron chi connectivity index (χ0n) is 25.9. The predicted octanol–water partition coefficient (Wildman–Crippen LogP) is 8.00. The highest BCUT2D eigenvalue weighted by molar-refractivity contribution is 6.09. The number of benzene rings is 4. The van der Waals surface area contributed by atoms with Crippen molar-refractivity contribution in [3.63, 3.8) is 0 Å². The van der Waals surface area contributed by atoms with E-state index in [1.165, 1.54) is 0 Å². The summed E-state index contributed by atoms with van der Waals surface area (Å²) in [6, 6.07) is 28.2. The summed E-state index contributed by atoms with van der Waals surface area (Å²) in [5.41, 5.74) is 6.30. The van der Waals surface area contributed by atoms with Gasteiger partial charge in [0.1, 0.15) is 5.75 Å². The molecule has 0 aromatic heterocycles. The average Bonchev–Trinajstić information content (AvgIpc) is 3.03. The number of hydrogen-bond donors (Lipinski definition) is 1. The number of hydrogen-bond acceptors (Lipinski definition) is 5. The fourth-order valence-electron chi connectivity index (χ4n) is 4.84. The maximum atomic E-state index is 13.5. The third kappa shape index (κ3) is 8.57. The number of nitrogens with one attached hydrogen (secondary N) is 1. The summed E-state index contributed by atoms with van der Waals surface area (Å²) in [6.45, 7) is 6.67. The van der Waals surface area contributed by atoms with Crippen molar-refractivity contribution in [2.45, 2.75) is 46.5 Å². The van der Waals surface area contributed by atoms with Crippen molar-refractivity contribution in [2.24, 2.45) is 0 Å². The Bertz CT molecular complexity index is 1580. The predicted molar refractivity (Wildman–Crippen MR) is 176 cm³/mol. The highest BCUT2D eigenvalue weighted by atomic mass is 16.5. The SMILES string of the molecule is CCOC(=O)CCCCCOc1ccc(C)cc1N(C)C(=O)c1ccc(NC(=O)c2ccccc2-c2ccc(C)cc2)cc1. The number of esters is 1.